The molecule has 2 heteroatoms. The highest BCUT2D eigenvalue weighted by atomic mass is 16.1. The van der Waals surface area contributed by atoms with Crippen LogP contribution < -0.4 is 5.32 Å². The fraction of sp³-hybridized carbons (Fsp3) is 0.812. The van der Waals surface area contributed by atoms with Crippen molar-refractivity contribution in [2.45, 2.75) is 83.6 Å². The molecule has 0 bridgehead atoms. The van der Waals surface area contributed by atoms with Gasteiger partial charge in [-0.2, -0.15) is 0 Å². The van der Waals surface area contributed by atoms with Gasteiger partial charge in [0.15, 0.2) is 0 Å². The zero-order valence-electron chi connectivity index (χ0n) is 11.8. The molecule has 0 aromatic carbocycles. The van der Waals surface area contributed by atoms with Gasteiger partial charge in [-0.05, 0) is 32.6 Å². The van der Waals surface area contributed by atoms with E-state index in [-0.39, 0.29) is 5.91 Å². The molecular weight excluding hydrogens is 222 g/mol. The molecule has 1 aliphatic carbocycles. The Morgan fingerprint density at radius 1 is 1.11 bits per heavy atom. The molecule has 1 amide bonds. The third-order valence-electron chi connectivity index (χ3n) is 3.60. The van der Waals surface area contributed by atoms with Crippen LogP contribution in [0.5, 0.6) is 0 Å². The van der Waals surface area contributed by atoms with E-state index in [0.717, 1.165) is 12.8 Å². The SMILES string of the molecule is CC#CCCCCCCCC(=O)NC1CCCC1. The Balaban J connectivity index is 1.87. The maximum atomic E-state index is 11.6. The van der Waals surface area contributed by atoms with E-state index in [2.05, 4.69) is 17.2 Å². The highest BCUT2D eigenvalue weighted by Crippen LogP contribution is 2.17. The van der Waals surface area contributed by atoms with E-state index in [9.17, 15) is 4.79 Å². The third kappa shape index (κ3) is 7.37. The van der Waals surface area contributed by atoms with Crippen LogP contribution in [-0.4, -0.2) is 11.9 Å². The Morgan fingerprint density at radius 2 is 1.78 bits per heavy atom. The van der Waals surface area contributed by atoms with Crippen molar-refractivity contribution in [1.82, 2.24) is 5.32 Å². The van der Waals surface area contributed by atoms with Gasteiger partial charge in [-0.15, -0.1) is 11.8 Å². The van der Waals surface area contributed by atoms with Gasteiger partial charge in [-0.3, -0.25) is 4.79 Å². The summed E-state index contributed by atoms with van der Waals surface area (Å²) in [5.41, 5.74) is 0. The molecule has 0 radical (unpaired) electrons. The molecule has 2 nitrogen and oxygen atoms in total. The number of carbonyl (C=O) groups excluding carboxylic acids is 1. The van der Waals surface area contributed by atoms with E-state index in [1.54, 1.807) is 0 Å². The van der Waals surface area contributed by atoms with Crippen molar-refractivity contribution in [2.75, 3.05) is 0 Å². The number of nitrogens with one attached hydrogen (secondary N) is 1. The van der Waals surface area contributed by atoms with Crippen molar-refractivity contribution in [2.24, 2.45) is 0 Å². The molecule has 0 aromatic heterocycles. The molecule has 1 N–H and O–H groups in total. The van der Waals surface area contributed by atoms with Crippen LogP contribution in [0.1, 0.15) is 77.6 Å². The zero-order chi connectivity index (χ0) is 13.1. The quantitative estimate of drug-likeness (QED) is 0.514. The molecule has 0 atom stereocenters. The van der Waals surface area contributed by atoms with E-state index in [4.69, 9.17) is 0 Å². The van der Waals surface area contributed by atoms with Gasteiger partial charge in [0.05, 0.1) is 0 Å². The van der Waals surface area contributed by atoms with Crippen LogP contribution in [0.25, 0.3) is 0 Å². The molecule has 0 saturated heterocycles. The van der Waals surface area contributed by atoms with Gasteiger partial charge in [0, 0.05) is 18.9 Å². The fourth-order valence-electron chi connectivity index (χ4n) is 2.52. The van der Waals surface area contributed by atoms with Crippen LogP contribution in [0.2, 0.25) is 0 Å². The summed E-state index contributed by atoms with van der Waals surface area (Å²) in [6.45, 7) is 1.89. The molecule has 0 heterocycles. The van der Waals surface area contributed by atoms with Crippen molar-refractivity contribution >= 4 is 5.91 Å². The van der Waals surface area contributed by atoms with Gasteiger partial charge in [0.25, 0.3) is 0 Å². The van der Waals surface area contributed by atoms with E-state index in [0.29, 0.717) is 12.5 Å². The lowest BCUT2D eigenvalue weighted by Crippen LogP contribution is -2.32. The largest absolute Gasteiger partial charge is 0.353 e. The van der Waals surface area contributed by atoms with Gasteiger partial charge < -0.3 is 5.32 Å². The van der Waals surface area contributed by atoms with Crippen molar-refractivity contribution < 1.29 is 4.79 Å². The predicted octanol–water partition coefficient (Wildman–Crippen LogP) is 3.80. The lowest BCUT2D eigenvalue weighted by Gasteiger charge is -2.11. The maximum Gasteiger partial charge on any atom is 0.220 e. The molecule has 18 heavy (non-hydrogen) atoms. The second-order valence-electron chi connectivity index (χ2n) is 5.24. The number of carbonyl (C=O) groups is 1. The summed E-state index contributed by atoms with van der Waals surface area (Å²) >= 11 is 0. The molecule has 1 fully saturated rings. The van der Waals surface area contributed by atoms with Crippen molar-refractivity contribution in [3.05, 3.63) is 0 Å². The summed E-state index contributed by atoms with van der Waals surface area (Å²) in [7, 11) is 0. The number of amides is 1. The lowest BCUT2D eigenvalue weighted by molar-refractivity contribution is -0.121. The maximum absolute atomic E-state index is 11.6. The van der Waals surface area contributed by atoms with Gasteiger partial charge in [-0.1, -0.05) is 32.1 Å². The Kier molecular flexibility index (Phi) is 8.38. The van der Waals surface area contributed by atoms with Crippen LogP contribution in [0.3, 0.4) is 0 Å². The van der Waals surface area contributed by atoms with Crippen molar-refractivity contribution in [3.8, 4) is 11.8 Å². The van der Waals surface area contributed by atoms with Crippen molar-refractivity contribution in [3.63, 3.8) is 0 Å². The first-order valence-electron chi connectivity index (χ1n) is 7.52. The lowest BCUT2D eigenvalue weighted by atomic mass is 10.1. The van der Waals surface area contributed by atoms with Gasteiger partial charge in [-0.25, -0.2) is 0 Å². The number of hydrogen-bond acceptors (Lipinski definition) is 1. The number of unbranched alkanes of at least 4 members (excludes halogenated alkanes) is 5. The Hall–Kier alpha value is -0.970. The number of rotatable bonds is 8. The van der Waals surface area contributed by atoms with Gasteiger partial charge in [0.2, 0.25) is 5.91 Å². The van der Waals surface area contributed by atoms with Crippen LogP contribution >= 0.6 is 0 Å². The van der Waals surface area contributed by atoms with E-state index >= 15 is 0 Å². The number of hydrogen-bond donors (Lipinski definition) is 1. The zero-order valence-corrected chi connectivity index (χ0v) is 11.8. The average Bonchev–Trinajstić information content (AvgIpc) is 2.85. The van der Waals surface area contributed by atoms with Crippen molar-refractivity contribution in [1.29, 1.82) is 0 Å². The molecule has 0 aliphatic heterocycles. The monoisotopic (exact) mass is 249 g/mol. The minimum atomic E-state index is 0.263. The summed E-state index contributed by atoms with van der Waals surface area (Å²) in [6, 6.07) is 0.477. The first-order chi connectivity index (χ1) is 8.83. The molecule has 0 aromatic rings. The average molecular weight is 249 g/mol. The first-order valence-corrected chi connectivity index (χ1v) is 7.52. The normalized spacial score (nSPS) is 15.2. The van der Waals surface area contributed by atoms with E-state index in [1.165, 1.54) is 51.4 Å². The minimum absolute atomic E-state index is 0.263. The standard InChI is InChI=1S/C16H27NO/c1-2-3-4-5-6-7-8-9-14-16(18)17-15-12-10-11-13-15/h15H,4-14H2,1H3,(H,17,18). The van der Waals surface area contributed by atoms with E-state index in [1.807, 2.05) is 6.92 Å². The Bertz CT molecular complexity index is 281. The smallest absolute Gasteiger partial charge is 0.220 e. The third-order valence-corrected chi connectivity index (χ3v) is 3.60. The Morgan fingerprint density at radius 3 is 2.50 bits per heavy atom. The molecule has 1 aliphatic rings. The molecular formula is C16H27NO. The second kappa shape index (κ2) is 10.00. The highest BCUT2D eigenvalue weighted by molar-refractivity contribution is 5.76. The van der Waals surface area contributed by atoms with Gasteiger partial charge >= 0.3 is 0 Å². The summed E-state index contributed by atoms with van der Waals surface area (Å²) in [5, 5.41) is 3.14. The second-order valence-corrected chi connectivity index (χ2v) is 5.24. The van der Waals surface area contributed by atoms with Gasteiger partial charge in [0.1, 0.15) is 0 Å². The highest BCUT2D eigenvalue weighted by Gasteiger charge is 2.16. The van der Waals surface area contributed by atoms with Crippen LogP contribution in [-0.2, 0) is 4.79 Å². The van der Waals surface area contributed by atoms with E-state index < -0.39 is 0 Å². The molecule has 1 rings (SSSR count). The molecule has 0 spiro atoms. The fourth-order valence-corrected chi connectivity index (χ4v) is 2.52. The molecule has 102 valence electrons. The molecule has 0 unspecified atom stereocenters. The topological polar surface area (TPSA) is 29.1 Å². The minimum Gasteiger partial charge on any atom is -0.353 e. The summed E-state index contributed by atoms with van der Waals surface area (Å²) in [4.78, 5) is 11.6. The van der Waals surface area contributed by atoms with Crippen LogP contribution in [0.4, 0.5) is 0 Å². The molecule has 1 saturated carbocycles. The van der Waals surface area contributed by atoms with Crippen LogP contribution in [0, 0.1) is 11.8 Å². The first kappa shape index (κ1) is 15.1. The summed E-state index contributed by atoms with van der Waals surface area (Å²) < 4.78 is 0. The summed E-state index contributed by atoms with van der Waals surface area (Å²) in [6.07, 6.45) is 12.6. The van der Waals surface area contributed by atoms with Crippen LogP contribution in [0.15, 0.2) is 0 Å². The summed E-state index contributed by atoms with van der Waals surface area (Å²) in [5.74, 6) is 6.26. The predicted molar refractivity (Wildman–Crippen MR) is 76.2 cm³/mol. The Labute approximate surface area is 112 Å².